The van der Waals surface area contributed by atoms with Crippen LogP contribution in [0, 0.1) is 5.92 Å². The van der Waals surface area contributed by atoms with Crippen LogP contribution in [0.3, 0.4) is 0 Å². The number of H-pyrrole nitrogens is 1. The van der Waals surface area contributed by atoms with E-state index in [0.717, 1.165) is 5.56 Å². The highest BCUT2D eigenvalue weighted by atomic mass is 16.5. The van der Waals surface area contributed by atoms with Gasteiger partial charge in [0.05, 0.1) is 25.1 Å². The molecule has 32 heavy (non-hydrogen) atoms. The zero-order valence-corrected chi connectivity index (χ0v) is 17.2. The predicted octanol–water partition coefficient (Wildman–Crippen LogP) is -0.0274. The van der Waals surface area contributed by atoms with Crippen molar-refractivity contribution >= 4 is 17.8 Å². The van der Waals surface area contributed by atoms with Gasteiger partial charge in [-0.3, -0.25) is 19.5 Å². The molecule has 0 unspecified atom stereocenters. The first kappa shape index (κ1) is 19.8. The summed E-state index contributed by atoms with van der Waals surface area (Å²) in [5.74, 6) is -1.07. The Labute approximate surface area is 182 Å². The molecule has 2 aliphatic rings. The first-order valence-corrected chi connectivity index (χ1v) is 10.1. The van der Waals surface area contributed by atoms with Crippen molar-refractivity contribution in [3.8, 4) is 5.82 Å². The van der Waals surface area contributed by atoms with Crippen molar-refractivity contribution in [1.29, 1.82) is 0 Å². The smallest absolute Gasteiger partial charge is 0.311 e. The fourth-order valence-corrected chi connectivity index (χ4v) is 4.59. The van der Waals surface area contributed by atoms with Crippen molar-refractivity contribution in [3.05, 3.63) is 54.0 Å². The van der Waals surface area contributed by atoms with Crippen molar-refractivity contribution < 1.29 is 19.1 Å². The van der Waals surface area contributed by atoms with Crippen LogP contribution in [0.5, 0.6) is 0 Å². The number of piperazine rings is 1. The Morgan fingerprint density at radius 3 is 2.75 bits per heavy atom. The lowest BCUT2D eigenvalue weighted by atomic mass is 9.93. The number of nitrogens with zero attached hydrogens (tertiary/aromatic N) is 7. The zero-order chi connectivity index (χ0) is 22.2. The molecule has 2 fully saturated rings. The van der Waals surface area contributed by atoms with E-state index in [1.165, 1.54) is 29.1 Å². The molecule has 3 aromatic rings. The zero-order valence-electron chi connectivity index (χ0n) is 17.2. The summed E-state index contributed by atoms with van der Waals surface area (Å²) in [6.45, 7) is 0.215. The first-order valence-electron chi connectivity index (χ1n) is 10.1. The van der Waals surface area contributed by atoms with Gasteiger partial charge in [0.1, 0.15) is 18.6 Å². The normalized spacial score (nSPS) is 22.7. The molecular weight excluding hydrogens is 416 g/mol. The molecule has 0 aliphatic carbocycles. The minimum Gasteiger partial charge on any atom is -0.469 e. The number of hydrogen-bond donors (Lipinski definition) is 1. The minimum absolute atomic E-state index is 0.0915. The highest BCUT2D eigenvalue weighted by molar-refractivity contribution is 5.96. The Bertz CT molecular complexity index is 1150. The van der Waals surface area contributed by atoms with E-state index in [9.17, 15) is 14.4 Å². The Hall–Kier alpha value is -4.09. The van der Waals surface area contributed by atoms with Crippen LogP contribution in [0.2, 0.25) is 0 Å². The number of carbonyl (C=O) groups excluding carboxylic acids is 3. The predicted molar refractivity (Wildman–Crippen MR) is 107 cm³/mol. The van der Waals surface area contributed by atoms with Crippen molar-refractivity contribution in [2.75, 3.05) is 20.2 Å². The monoisotopic (exact) mass is 436 g/mol. The number of nitrogens with one attached hydrogen (secondary N) is 1. The van der Waals surface area contributed by atoms with Gasteiger partial charge >= 0.3 is 5.97 Å². The standard InChI is InChI=1S/C20H20N8O4/c1-32-20(31)14-7-13-9-26(10-17(29)28(13)18(14)12-5-3-2-4-6-12)19(30)15-8-16(23-22-15)27-11-21-24-25-27/h2-6,8,11,13-14,18H,7,9-10H2,1H3,(H,22,23)/t13-,14-,18-/m0/s1. The van der Waals surface area contributed by atoms with E-state index in [2.05, 4.69) is 25.7 Å². The number of fused-ring (bicyclic) bond motifs is 1. The van der Waals surface area contributed by atoms with E-state index in [1.807, 2.05) is 30.3 Å². The molecule has 12 nitrogen and oxygen atoms in total. The lowest BCUT2D eigenvalue weighted by molar-refractivity contribution is -0.147. The number of esters is 1. The van der Waals surface area contributed by atoms with E-state index in [4.69, 9.17) is 4.74 Å². The van der Waals surface area contributed by atoms with Gasteiger partial charge in [0.25, 0.3) is 5.91 Å². The second-order valence-corrected chi connectivity index (χ2v) is 7.76. The first-order chi connectivity index (χ1) is 15.6. The summed E-state index contributed by atoms with van der Waals surface area (Å²) in [5.41, 5.74) is 1.09. The van der Waals surface area contributed by atoms with Gasteiger partial charge in [-0.25, -0.2) is 0 Å². The number of hydrogen-bond acceptors (Lipinski definition) is 8. The SMILES string of the molecule is COC(=O)[C@H]1C[C@H]2CN(C(=O)c3cc(-n4cnnn4)n[nH]3)CC(=O)N2[C@H]1c1ccccc1. The summed E-state index contributed by atoms with van der Waals surface area (Å²) < 4.78 is 6.34. The number of benzene rings is 1. The third-order valence-electron chi connectivity index (χ3n) is 5.96. The molecule has 2 aromatic heterocycles. The molecule has 12 heteroatoms. The third-order valence-corrected chi connectivity index (χ3v) is 5.96. The van der Waals surface area contributed by atoms with Crippen LogP contribution in [-0.4, -0.2) is 84.2 Å². The van der Waals surface area contributed by atoms with E-state index in [-0.39, 0.29) is 36.1 Å². The number of aromatic nitrogens is 6. The Balaban J connectivity index is 1.39. The Kier molecular flexibility index (Phi) is 4.88. The van der Waals surface area contributed by atoms with E-state index in [0.29, 0.717) is 18.8 Å². The van der Waals surface area contributed by atoms with Gasteiger partial charge in [0.15, 0.2) is 5.82 Å². The van der Waals surface area contributed by atoms with Crippen LogP contribution in [0.15, 0.2) is 42.7 Å². The second-order valence-electron chi connectivity index (χ2n) is 7.76. The van der Waals surface area contributed by atoms with E-state index in [1.54, 1.807) is 4.90 Å². The fraction of sp³-hybridized carbons (Fsp3) is 0.350. The Morgan fingerprint density at radius 2 is 2.03 bits per heavy atom. The number of aromatic amines is 1. The van der Waals surface area contributed by atoms with Gasteiger partial charge in [0.2, 0.25) is 5.91 Å². The summed E-state index contributed by atoms with van der Waals surface area (Å²) >= 11 is 0. The number of rotatable bonds is 4. The molecule has 2 amide bonds. The van der Waals surface area contributed by atoms with Crippen molar-refractivity contribution in [3.63, 3.8) is 0 Å². The third kappa shape index (κ3) is 3.29. The summed E-state index contributed by atoms with van der Waals surface area (Å²) in [4.78, 5) is 42.0. The molecule has 2 saturated heterocycles. The molecular formula is C20H20N8O4. The summed E-state index contributed by atoms with van der Waals surface area (Å²) in [6, 6.07) is 10.2. The van der Waals surface area contributed by atoms with Crippen LogP contribution in [0.25, 0.3) is 5.82 Å². The molecule has 0 spiro atoms. The molecule has 1 N–H and O–H groups in total. The quantitative estimate of drug-likeness (QED) is 0.563. The highest BCUT2D eigenvalue weighted by Crippen LogP contribution is 2.43. The molecule has 1 aromatic carbocycles. The number of carbonyl (C=O) groups is 3. The molecule has 3 atom stereocenters. The van der Waals surface area contributed by atoms with Crippen LogP contribution in [0.4, 0.5) is 0 Å². The topological polar surface area (TPSA) is 139 Å². The van der Waals surface area contributed by atoms with Crippen LogP contribution in [-0.2, 0) is 14.3 Å². The van der Waals surface area contributed by atoms with Crippen molar-refractivity contribution in [2.24, 2.45) is 5.92 Å². The molecule has 4 heterocycles. The number of ether oxygens (including phenoxy) is 1. The van der Waals surface area contributed by atoms with Gasteiger partial charge in [-0.05, 0) is 22.4 Å². The van der Waals surface area contributed by atoms with Crippen LogP contribution >= 0.6 is 0 Å². The summed E-state index contributed by atoms with van der Waals surface area (Å²) in [5, 5.41) is 17.6. The van der Waals surface area contributed by atoms with Crippen LogP contribution in [0.1, 0.15) is 28.5 Å². The van der Waals surface area contributed by atoms with Gasteiger partial charge in [-0.1, -0.05) is 30.3 Å². The van der Waals surface area contributed by atoms with E-state index < -0.39 is 12.0 Å². The average Bonchev–Trinajstić information content (AvgIpc) is 3.57. The number of amides is 2. The van der Waals surface area contributed by atoms with Gasteiger partial charge in [0, 0.05) is 12.6 Å². The molecule has 0 radical (unpaired) electrons. The maximum atomic E-state index is 13.2. The fourth-order valence-electron chi connectivity index (χ4n) is 4.59. The number of tetrazole rings is 1. The highest BCUT2D eigenvalue weighted by Gasteiger charge is 2.51. The molecule has 0 saturated carbocycles. The van der Waals surface area contributed by atoms with Gasteiger partial charge in [-0.2, -0.15) is 9.78 Å². The Morgan fingerprint density at radius 1 is 1.22 bits per heavy atom. The average molecular weight is 436 g/mol. The molecule has 0 bridgehead atoms. The maximum absolute atomic E-state index is 13.2. The maximum Gasteiger partial charge on any atom is 0.311 e. The minimum atomic E-state index is -0.495. The second kappa shape index (κ2) is 7.87. The van der Waals surface area contributed by atoms with Crippen molar-refractivity contribution in [1.82, 2.24) is 40.2 Å². The van der Waals surface area contributed by atoms with Crippen LogP contribution < -0.4 is 0 Å². The van der Waals surface area contributed by atoms with Gasteiger partial charge in [-0.15, -0.1) is 5.10 Å². The molecule has 2 aliphatic heterocycles. The lowest BCUT2D eigenvalue weighted by Gasteiger charge is -2.39. The molecule has 164 valence electrons. The summed E-state index contributed by atoms with van der Waals surface area (Å²) in [6.07, 6.45) is 1.78. The number of methoxy groups -OCH3 is 1. The van der Waals surface area contributed by atoms with Crippen molar-refractivity contribution in [2.45, 2.75) is 18.5 Å². The molecule has 5 rings (SSSR count). The van der Waals surface area contributed by atoms with Gasteiger partial charge < -0.3 is 14.5 Å². The van der Waals surface area contributed by atoms with E-state index >= 15 is 0 Å². The summed E-state index contributed by atoms with van der Waals surface area (Å²) in [7, 11) is 1.35. The largest absolute Gasteiger partial charge is 0.469 e. The lowest BCUT2D eigenvalue weighted by Crippen LogP contribution is -2.56.